The maximum absolute atomic E-state index is 11.7. The SMILES string of the molecule is COc1ccccc1OCC(=O)NCc1nncn1C. The van der Waals surface area contributed by atoms with Gasteiger partial charge in [-0.15, -0.1) is 10.2 Å². The second-order valence-electron chi connectivity index (χ2n) is 4.07. The molecular weight excluding hydrogens is 260 g/mol. The highest BCUT2D eigenvalue weighted by Crippen LogP contribution is 2.25. The molecule has 0 spiro atoms. The molecule has 1 N–H and O–H groups in total. The molecule has 7 heteroatoms. The van der Waals surface area contributed by atoms with E-state index in [-0.39, 0.29) is 12.5 Å². The molecule has 0 saturated carbocycles. The topological polar surface area (TPSA) is 78.3 Å². The average Bonchev–Trinajstić information content (AvgIpc) is 2.88. The Kier molecular flexibility index (Phi) is 4.54. The Morgan fingerprint density at radius 2 is 2.10 bits per heavy atom. The van der Waals surface area contributed by atoms with Crippen molar-refractivity contribution in [2.45, 2.75) is 6.54 Å². The van der Waals surface area contributed by atoms with Crippen LogP contribution in [0.15, 0.2) is 30.6 Å². The molecule has 0 fully saturated rings. The van der Waals surface area contributed by atoms with E-state index in [0.29, 0.717) is 23.9 Å². The van der Waals surface area contributed by atoms with Crippen LogP contribution in [-0.2, 0) is 18.4 Å². The van der Waals surface area contributed by atoms with E-state index >= 15 is 0 Å². The fourth-order valence-corrected chi connectivity index (χ4v) is 1.58. The third-order valence-corrected chi connectivity index (χ3v) is 2.68. The van der Waals surface area contributed by atoms with E-state index in [4.69, 9.17) is 9.47 Å². The molecule has 2 rings (SSSR count). The van der Waals surface area contributed by atoms with E-state index in [1.54, 1.807) is 30.1 Å². The number of ether oxygens (including phenoxy) is 2. The van der Waals surface area contributed by atoms with Crippen LogP contribution in [0.5, 0.6) is 11.5 Å². The Morgan fingerprint density at radius 3 is 2.75 bits per heavy atom. The molecule has 0 bridgehead atoms. The summed E-state index contributed by atoms with van der Waals surface area (Å²) in [5.74, 6) is 1.56. The molecule has 1 amide bonds. The fourth-order valence-electron chi connectivity index (χ4n) is 1.58. The summed E-state index contributed by atoms with van der Waals surface area (Å²) >= 11 is 0. The quantitative estimate of drug-likeness (QED) is 0.832. The van der Waals surface area contributed by atoms with Gasteiger partial charge in [-0.25, -0.2) is 0 Å². The molecule has 0 unspecified atom stereocenters. The first-order valence-corrected chi connectivity index (χ1v) is 6.06. The van der Waals surface area contributed by atoms with Gasteiger partial charge in [0.15, 0.2) is 23.9 Å². The van der Waals surface area contributed by atoms with Gasteiger partial charge in [0.1, 0.15) is 6.33 Å². The lowest BCUT2D eigenvalue weighted by atomic mass is 10.3. The van der Waals surface area contributed by atoms with Gasteiger partial charge in [0, 0.05) is 7.05 Å². The van der Waals surface area contributed by atoms with Crippen molar-refractivity contribution in [3.05, 3.63) is 36.4 Å². The lowest BCUT2D eigenvalue weighted by Crippen LogP contribution is -2.29. The Balaban J connectivity index is 1.82. The van der Waals surface area contributed by atoms with Crippen molar-refractivity contribution in [1.82, 2.24) is 20.1 Å². The second kappa shape index (κ2) is 6.55. The van der Waals surface area contributed by atoms with Gasteiger partial charge in [-0.3, -0.25) is 4.79 Å². The van der Waals surface area contributed by atoms with Crippen molar-refractivity contribution >= 4 is 5.91 Å². The highest BCUT2D eigenvalue weighted by Gasteiger charge is 2.08. The molecule has 1 aromatic heterocycles. The molecule has 0 aliphatic carbocycles. The van der Waals surface area contributed by atoms with Gasteiger partial charge < -0.3 is 19.4 Å². The zero-order valence-corrected chi connectivity index (χ0v) is 11.4. The van der Waals surface area contributed by atoms with E-state index in [9.17, 15) is 4.79 Å². The van der Waals surface area contributed by atoms with Crippen LogP contribution >= 0.6 is 0 Å². The Labute approximate surface area is 116 Å². The Bertz CT molecular complexity index is 583. The lowest BCUT2D eigenvalue weighted by molar-refractivity contribution is -0.123. The van der Waals surface area contributed by atoms with E-state index in [0.717, 1.165) is 0 Å². The fraction of sp³-hybridized carbons (Fsp3) is 0.308. The van der Waals surface area contributed by atoms with E-state index in [2.05, 4.69) is 15.5 Å². The summed E-state index contributed by atoms with van der Waals surface area (Å²) < 4.78 is 12.3. The number of carbonyl (C=O) groups excluding carboxylic acids is 1. The first kappa shape index (κ1) is 13.9. The largest absolute Gasteiger partial charge is 0.493 e. The Hall–Kier alpha value is -2.57. The van der Waals surface area contributed by atoms with Crippen LogP contribution in [0.1, 0.15) is 5.82 Å². The zero-order chi connectivity index (χ0) is 14.4. The van der Waals surface area contributed by atoms with Crippen LogP contribution in [0.25, 0.3) is 0 Å². The smallest absolute Gasteiger partial charge is 0.258 e. The average molecular weight is 276 g/mol. The van der Waals surface area contributed by atoms with Gasteiger partial charge >= 0.3 is 0 Å². The van der Waals surface area contributed by atoms with Gasteiger partial charge in [0.2, 0.25) is 0 Å². The second-order valence-corrected chi connectivity index (χ2v) is 4.07. The number of carbonyl (C=O) groups is 1. The highest BCUT2D eigenvalue weighted by atomic mass is 16.5. The van der Waals surface area contributed by atoms with Gasteiger partial charge in [-0.05, 0) is 12.1 Å². The lowest BCUT2D eigenvalue weighted by Gasteiger charge is -2.10. The van der Waals surface area contributed by atoms with Crippen LogP contribution in [0.3, 0.4) is 0 Å². The van der Waals surface area contributed by atoms with Gasteiger partial charge in [-0.2, -0.15) is 0 Å². The first-order valence-electron chi connectivity index (χ1n) is 6.06. The zero-order valence-electron chi connectivity index (χ0n) is 11.4. The summed E-state index contributed by atoms with van der Waals surface area (Å²) in [4.78, 5) is 11.7. The van der Waals surface area contributed by atoms with Crippen molar-refractivity contribution in [2.24, 2.45) is 7.05 Å². The van der Waals surface area contributed by atoms with Gasteiger partial charge in [-0.1, -0.05) is 12.1 Å². The van der Waals surface area contributed by atoms with Crippen molar-refractivity contribution in [2.75, 3.05) is 13.7 Å². The molecule has 1 aromatic carbocycles. The predicted octanol–water partition coefficient (Wildman–Crippen LogP) is 0.519. The third-order valence-electron chi connectivity index (χ3n) is 2.68. The predicted molar refractivity (Wildman–Crippen MR) is 71.3 cm³/mol. The maximum Gasteiger partial charge on any atom is 0.258 e. The molecule has 0 radical (unpaired) electrons. The molecule has 0 saturated heterocycles. The van der Waals surface area contributed by atoms with E-state index in [1.807, 2.05) is 19.2 Å². The number of benzene rings is 1. The highest BCUT2D eigenvalue weighted by molar-refractivity contribution is 5.77. The minimum Gasteiger partial charge on any atom is -0.493 e. The number of nitrogens with zero attached hydrogens (tertiary/aromatic N) is 3. The molecule has 0 atom stereocenters. The number of amides is 1. The van der Waals surface area contributed by atoms with Crippen molar-refractivity contribution in [1.29, 1.82) is 0 Å². The van der Waals surface area contributed by atoms with Crippen LogP contribution in [-0.4, -0.2) is 34.4 Å². The number of nitrogens with one attached hydrogen (secondary N) is 1. The van der Waals surface area contributed by atoms with Crippen LogP contribution < -0.4 is 14.8 Å². The van der Waals surface area contributed by atoms with Crippen molar-refractivity contribution in [3.8, 4) is 11.5 Å². The monoisotopic (exact) mass is 276 g/mol. The number of aromatic nitrogens is 3. The molecule has 1 heterocycles. The van der Waals surface area contributed by atoms with Crippen molar-refractivity contribution < 1.29 is 14.3 Å². The number of methoxy groups -OCH3 is 1. The van der Waals surface area contributed by atoms with Crippen LogP contribution in [0.2, 0.25) is 0 Å². The van der Waals surface area contributed by atoms with E-state index in [1.165, 1.54) is 0 Å². The number of rotatable bonds is 6. The third kappa shape index (κ3) is 3.47. The van der Waals surface area contributed by atoms with Crippen molar-refractivity contribution in [3.63, 3.8) is 0 Å². The summed E-state index contributed by atoms with van der Waals surface area (Å²) in [7, 11) is 3.36. The number of aryl methyl sites for hydroxylation is 1. The normalized spacial score (nSPS) is 10.1. The molecule has 20 heavy (non-hydrogen) atoms. The van der Waals surface area contributed by atoms with Gasteiger partial charge in [0.25, 0.3) is 5.91 Å². The summed E-state index contributed by atoms with van der Waals surface area (Å²) in [6.07, 6.45) is 1.58. The molecule has 0 aliphatic rings. The van der Waals surface area contributed by atoms with Crippen LogP contribution in [0, 0.1) is 0 Å². The van der Waals surface area contributed by atoms with Gasteiger partial charge in [0.05, 0.1) is 13.7 Å². The summed E-state index contributed by atoms with van der Waals surface area (Å²) in [6.45, 7) is 0.225. The summed E-state index contributed by atoms with van der Waals surface area (Å²) in [5, 5.41) is 10.3. The summed E-state index contributed by atoms with van der Waals surface area (Å²) in [6, 6.07) is 7.16. The molecular formula is C13H16N4O3. The number of para-hydroxylation sites is 2. The minimum absolute atomic E-state index is 0.0851. The Morgan fingerprint density at radius 1 is 1.35 bits per heavy atom. The van der Waals surface area contributed by atoms with Crippen LogP contribution in [0.4, 0.5) is 0 Å². The summed E-state index contributed by atoms with van der Waals surface area (Å²) in [5.41, 5.74) is 0. The number of hydrogen-bond acceptors (Lipinski definition) is 5. The standard InChI is InChI=1S/C13H16N4O3/c1-17-9-15-16-12(17)7-14-13(18)8-20-11-6-4-3-5-10(11)19-2/h3-6,9H,7-8H2,1-2H3,(H,14,18). The minimum atomic E-state index is -0.237. The number of hydrogen-bond donors (Lipinski definition) is 1. The van der Waals surface area contributed by atoms with E-state index < -0.39 is 0 Å². The molecule has 106 valence electrons. The first-order chi connectivity index (χ1) is 9.70. The molecule has 0 aliphatic heterocycles. The molecule has 7 nitrogen and oxygen atoms in total. The molecule has 2 aromatic rings. The maximum atomic E-state index is 11.7.